The zero-order valence-corrected chi connectivity index (χ0v) is 16.6. The van der Waals surface area contributed by atoms with Gasteiger partial charge in [0.15, 0.2) is 0 Å². The molecule has 4 heterocycles. The number of nitrogens with zero attached hydrogens (tertiary/aromatic N) is 4. The molecule has 0 radical (unpaired) electrons. The molecule has 1 saturated heterocycles. The third-order valence-electron chi connectivity index (χ3n) is 4.42. The topological polar surface area (TPSA) is 53.7 Å². The van der Waals surface area contributed by atoms with Crippen molar-refractivity contribution < 1.29 is 5.11 Å². The average molecular weight is 427 g/mol. The van der Waals surface area contributed by atoms with Gasteiger partial charge in [0.1, 0.15) is 5.82 Å². The Labute approximate surface area is 157 Å². The maximum absolute atomic E-state index is 10.8. The molecule has 5 nitrogen and oxygen atoms in total. The van der Waals surface area contributed by atoms with Crippen molar-refractivity contribution in [1.82, 2.24) is 19.5 Å². The van der Waals surface area contributed by atoms with Crippen LogP contribution in [0.3, 0.4) is 0 Å². The van der Waals surface area contributed by atoms with Crippen LogP contribution in [0, 0.1) is 6.92 Å². The van der Waals surface area contributed by atoms with Crippen molar-refractivity contribution in [3.05, 3.63) is 31.5 Å². The molecule has 128 valence electrons. The van der Waals surface area contributed by atoms with E-state index in [0.717, 1.165) is 26.7 Å². The van der Waals surface area contributed by atoms with Crippen LogP contribution in [-0.4, -0.2) is 37.7 Å². The minimum atomic E-state index is 0.0770. The van der Waals surface area contributed by atoms with Crippen LogP contribution in [0.2, 0.25) is 0 Å². The van der Waals surface area contributed by atoms with Crippen LogP contribution in [0.25, 0.3) is 4.96 Å². The van der Waals surface area contributed by atoms with Crippen molar-refractivity contribution in [2.75, 3.05) is 13.1 Å². The average Bonchev–Trinajstić information content (AvgIpc) is 3.12. The van der Waals surface area contributed by atoms with Crippen LogP contribution in [0.1, 0.15) is 47.3 Å². The number of aromatic nitrogens is 3. The third kappa shape index (κ3) is 3.00. The summed E-state index contributed by atoms with van der Waals surface area (Å²) in [5.41, 5.74) is 0. The van der Waals surface area contributed by atoms with E-state index in [9.17, 15) is 5.11 Å². The predicted molar refractivity (Wildman–Crippen MR) is 101 cm³/mol. The molecule has 1 fully saturated rings. The maximum Gasteiger partial charge on any atom is 0.230 e. The molecule has 1 N–H and O–H groups in total. The van der Waals surface area contributed by atoms with Gasteiger partial charge in [0.2, 0.25) is 10.8 Å². The first-order valence-corrected chi connectivity index (χ1v) is 10.6. The molecule has 0 amide bonds. The monoisotopic (exact) mass is 426 g/mol. The molecule has 0 bridgehead atoms. The third-order valence-corrected chi connectivity index (χ3v) is 7.17. The molecule has 1 atom stereocenters. The van der Waals surface area contributed by atoms with E-state index in [1.807, 2.05) is 6.92 Å². The summed E-state index contributed by atoms with van der Waals surface area (Å²) in [4.78, 5) is 9.88. The van der Waals surface area contributed by atoms with E-state index in [0.29, 0.717) is 5.82 Å². The number of aromatic hydroxyl groups is 1. The summed E-state index contributed by atoms with van der Waals surface area (Å²) >= 11 is 6.86. The molecular formula is C16H19BrN4OS2. The van der Waals surface area contributed by atoms with Crippen LogP contribution in [-0.2, 0) is 0 Å². The Morgan fingerprint density at radius 1 is 1.17 bits per heavy atom. The SMILES string of the molecule is Cc1nc2sc(C(c3ccc(Br)s3)N3CCCCCC3)c(O)n2n1. The van der Waals surface area contributed by atoms with Gasteiger partial charge in [-0.3, -0.25) is 4.90 Å². The fraction of sp³-hybridized carbons (Fsp3) is 0.500. The first-order valence-electron chi connectivity index (χ1n) is 8.18. The zero-order valence-electron chi connectivity index (χ0n) is 13.4. The minimum absolute atomic E-state index is 0.0770. The van der Waals surface area contributed by atoms with Crippen LogP contribution in [0.4, 0.5) is 0 Å². The highest BCUT2D eigenvalue weighted by molar-refractivity contribution is 9.11. The summed E-state index contributed by atoms with van der Waals surface area (Å²) in [6.07, 6.45) is 5.00. The Kier molecular flexibility index (Phi) is 4.64. The van der Waals surface area contributed by atoms with Gasteiger partial charge >= 0.3 is 0 Å². The highest BCUT2D eigenvalue weighted by atomic mass is 79.9. The van der Waals surface area contributed by atoms with Crippen molar-refractivity contribution >= 4 is 43.6 Å². The molecule has 1 aliphatic rings. The van der Waals surface area contributed by atoms with Gasteiger partial charge in [0, 0.05) is 4.88 Å². The van der Waals surface area contributed by atoms with Crippen molar-refractivity contribution in [3.63, 3.8) is 0 Å². The predicted octanol–water partition coefficient (Wildman–Crippen LogP) is 4.59. The summed E-state index contributed by atoms with van der Waals surface area (Å²) in [7, 11) is 0. The largest absolute Gasteiger partial charge is 0.492 e. The quantitative estimate of drug-likeness (QED) is 0.664. The lowest BCUT2D eigenvalue weighted by Gasteiger charge is -2.29. The molecule has 3 aromatic rings. The Hall–Kier alpha value is -0.960. The van der Waals surface area contributed by atoms with Crippen LogP contribution in [0.15, 0.2) is 15.9 Å². The number of halogens is 1. The van der Waals surface area contributed by atoms with Crippen LogP contribution < -0.4 is 0 Å². The summed E-state index contributed by atoms with van der Waals surface area (Å²) in [6, 6.07) is 4.32. The van der Waals surface area contributed by atoms with Gasteiger partial charge in [-0.2, -0.15) is 4.52 Å². The Balaban J connectivity index is 1.81. The summed E-state index contributed by atoms with van der Waals surface area (Å²) in [6.45, 7) is 3.97. The second-order valence-corrected chi connectivity index (χ2v) is 9.64. The number of likely N-dealkylation sites (tertiary alicyclic amines) is 1. The first-order chi connectivity index (χ1) is 11.6. The molecular weight excluding hydrogens is 408 g/mol. The van der Waals surface area contributed by atoms with E-state index in [4.69, 9.17) is 0 Å². The van der Waals surface area contributed by atoms with Gasteiger partial charge in [-0.1, -0.05) is 24.2 Å². The van der Waals surface area contributed by atoms with Gasteiger partial charge in [-0.25, -0.2) is 4.98 Å². The summed E-state index contributed by atoms with van der Waals surface area (Å²) in [5.74, 6) is 0.919. The van der Waals surface area contributed by atoms with Crippen molar-refractivity contribution in [1.29, 1.82) is 0 Å². The second kappa shape index (κ2) is 6.74. The molecule has 0 aliphatic carbocycles. The number of rotatable bonds is 3. The maximum atomic E-state index is 10.8. The normalized spacial score (nSPS) is 18.1. The summed E-state index contributed by atoms with van der Waals surface area (Å²) < 4.78 is 2.69. The van der Waals surface area contributed by atoms with E-state index in [-0.39, 0.29) is 11.9 Å². The van der Waals surface area contributed by atoms with E-state index in [1.165, 1.54) is 30.6 Å². The van der Waals surface area contributed by atoms with Crippen LogP contribution >= 0.6 is 38.6 Å². The molecule has 4 rings (SSSR count). The highest BCUT2D eigenvalue weighted by Gasteiger charge is 2.30. The fourth-order valence-corrected chi connectivity index (χ4v) is 6.13. The van der Waals surface area contributed by atoms with Gasteiger partial charge in [-0.05, 0) is 60.9 Å². The van der Waals surface area contributed by atoms with Crippen molar-refractivity contribution in [2.24, 2.45) is 0 Å². The zero-order chi connectivity index (χ0) is 16.7. The Morgan fingerprint density at radius 2 is 1.92 bits per heavy atom. The number of hydrogen-bond donors (Lipinski definition) is 1. The minimum Gasteiger partial charge on any atom is -0.492 e. The molecule has 0 spiro atoms. The standard InChI is InChI=1S/C16H19BrN4OS2/c1-10-18-16-21(19-10)15(22)14(24-16)13(11-6-7-12(17)23-11)20-8-4-2-3-5-9-20/h6-7,13,22H,2-5,8-9H2,1H3. The Bertz CT molecular complexity index is 848. The Morgan fingerprint density at radius 3 is 2.54 bits per heavy atom. The number of thiophene rings is 1. The number of thiazole rings is 1. The van der Waals surface area contributed by atoms with Crippen molar-refractivity contribution in [3.8, 4) is 5.88 Å². The fourth-order valence-electron chi connectivity index (χ4n) is 3.33. The van der Waals surface area contributed by atoms with Gasteiger partial charge < -0.3 is 5.11 Å². The molecule has 0 saturated carbocycles. The molecule has 3 aromatic heterocycles. The van der Waals surface area contributed by atoms with E-state index in [1.54, 1.807) is 27.2 Å². The van der Waals surface area contributed by atoms with Gasteiger partial charge in [0.05, 0.1) is 14.7 Å². The van der Waals surface area contributed by atoms with Gasteiger partial charge in [-0.15, -0.1) is 16.4 Å². The lowest BCUT2D eigenvalue weighted by atomic mass is 10.1. The molecule has 24 heavy (non-hydrogen) atoms. The lowest BCUT2D eigenvalue weighted by Crippen LogP contribution is -2.29. The number of hydrogen-bond acceptors (Lipinski definition) is 6. The summed E-state index contributed by atoms with van der Waals surface area (Å²) in [5, 5.41) is 15.1. The molecule has 0 aromatic carbocycles. The first kappa shape index (κ1) is 16.5. The number of aryl methyl sites for hydroxylation is 1. The van der Waals surface area contributed by atoms with E-state index < -0.39 is 0 Å². The number of fused-ring (bicyclic) bond motifs is 1. The van der Waals surface area contributed by atoms with Crippen LogP contribution in [0.5, 0.6) is 5.88 Å². The molecule has 1 aliphatic heterocycles. The molecule has 8 heteroatoms. The molecule has 1 unspecified atom stereocenters. The smallest absolute Gasteiger partial charge is 0.230 e. The van der Waals surface area contributed by atoms with E-state index >= 15 is 0 Å². The van der Waals surface area contributed by atoms with E-state index in [2.05, 4.69) is 43.0 Å². The lowest BCUT2D eigenvalue weighted by molar-refractivity contribution is 0.235. The van der Waals surface area contributed by atoms with Crippen molar-refractivity contribution in [2.45, 2.75) is 38.6 Å². The highest BCUT2D eigenvalue weighted by Crippen LogP contribution is 2.43. The van der Waals surface area contributed by atoms with Gasteiger partial charge in [0.25, 0.3) is 0 Å². The second-order valence-electron chi connectivity index (χ2n) is 6.14.